The molecule has 106 valence electrons. The van der Waals surface area contributed by atoms with Crippen molar-refractivity contribution in [3.63, 3.8) is 0 Å². The fourth-order valence-electron chi connectivity index (χ4n) is 1.40. The Bertz CT molecular complexity index is 397. The van der Waals surface area contributed by atoms with E-state index in [9.17, 15) is 14.3 Å². The summed E-state index contributed by atoms with van der Waals surface area (Å²) in [6.45, 7) is 2.00. The van der Waals surface area contributed by atoms with Gasteiger partial charge in [-0.25, -0.2) is 4.39 Å². The molecule has 0 heterocycles. The summed E-state index contributed by atoms with van der Waals surface area (Å²) in [6, 6.07) is 5.16. The van der Waals surface area contributed by atoms with Gasteiger partial charge in [0.05, 0.1) is 6.04 Å². The van der Waals surface area contributed by atoms with Crippen molar-refractivity contribution in [2.24, 2.45) is 0 Å². The van der Waals surface area contributed by atoms with Gasteiger partial charge in [-0.05, 0) is 31.2 Å². The van der Waals surface area contributed by atoms with E-state index < -0.39 is 6.10 Å². The summed E-state index contributed by atoms with van der Waals surface area (Å²) in [5.41, 5.74) is 0. The van der Waals surface area contributed by atoms with Crippen LogP contribution in [0.3, 0.4) is 0 Å². The molecule has 6 heteroatoms. The fraction of sp³-hybridized carbons (Fsp3) is 0.462. The van der Waals surface area contributed by atoms with E-state index in [0.717, 1.165) is 0 Å². The van der Waals surface area contributed by atoms with E-state index in [4.69, 9.17) is 4.74 Å². The van der Waals surface area contributed by atoms with Crippen LogP contribution in [0.5, 0.6) is 5.75 Å². The molecule has 0 fully saturated rings. The van der Waals surface area contributed by atoms with Crippen LogP contribution in [0.15, 0.2) is 24.3 Å². The van der Waals surface area contributed by atoms with Crippen molar-refractivity contribution in [3.05, 3.63) is 30.1 Å². The van der Waals surface area contributed by atoms with Gasteiger partial charge in [0.1, 0.15) is 24.3 Å². The van der Waals surface area contributed by atoms with E-state index in [1.54, 1.807) is 14.0 Å². The Hall–Kier alpha value is -1.66. The highest BCUT2D eigenvalue weighted by Crippen LogP contribution is 2.11. The molecule has 1 aromatic rings. The van der Waals surface area contributed by atoms with E-state index in [2.05, 4.69) is 10.6 Å². The lowest BCUT2D eigenvalue weighted by molar-refractivity contribution is -0.122. The number of nitrogens with one attached hydrogen (secondary N) is 2. The molecule has 0 saturated heterocycles. The molecule has 0 aromatic heterocycles. The summed E-state index contributed by atoms with van der Waals surface area (Å²) in [5, 5.41) is 15.1. The lowest BCUT2D eigenvalue weighted by Gasteiger charge is -2.16. The summed E-state index contributed by atoms with van der Waals surface area (Å²) in [4.78, 5) is 11.2. The molecule has 2 atom stereocenters. The molecule has 1 amide bonds. The SMILES string of the molecule is CNC(=O)C(C)NCC(O)COc1ccc(F)cc1. The van der Waals surface area contributed by atoms with Crippen molar-refractivity contribution in [1.82, 2.24) is 10.6 Å². The molecule has 1 rings (SSSR count). The second kappa shape index (κ2) is 7.70. The highest BCUT2D eigenvalue weighted by molar-refractivity contribution is 5.80. The number of aliphatic hydroxyl groups excluding tert-OH is 1. The summed E-state index contributed by atoms with van der Waals surface area (Å²) >= 11 is 0. The third kappa shape index (κ3) is 5.67. The summed E-state index contributed by atoms with van der Waals surface area (Å²) < 4.78 is 17.9. The lowest BCUT2D eigenvalue weighted by atomic mass is 10.3. The Labute approximate surface area is 111 Å². The summed E-state index contributed by atoms with van der Waals surface area (Å²) in [5.74, 6) is 0.000389. The first-order chi connectivity index (χ1) is 9.02. The van der Waals surface area contributed by atoms with Crippen molar-refractivity contribution in [1.29, 1.82) is 0 Å². The summed E-state index contributed by atoms with van der Waals surface area (Å²) in [7, 11) is 1.55. The minimum Gasteiger partial charge on any atom is -0.491 e. The Morgan fingerprint density at radius 2 is 2.05 bits per heavy atom. The van der Waals surface area contributed by atoms with Crippen LogP contribution in [-0.2, 0) is 4.79 Å². The number of hydrogen-bond donors (Lipinski definition) is 3. The van der Waals surface area contributed by atoms with Crippen LogP contribution >= 0.6 is 0 Å². The Balaban J connectivity index is 2.26. The van der Waals surface area contributed by atoms with Gasteiger partial charge in [-0.2, -0.15) is 0 Å². The van der Waals surface area contributed by atoms with Crippen molar-refractivity contribution in [3.8, 4) is 5.75 Å². The van der Waals surface area contributed by atoms with E-state index in [-0.39, 0.29) is 30.9 Å². The van der Waals surface area contributed by atoms with Crippen molar-refractivity contribution in [2.45, 2.75) is 19.1 Å². The zero-order chi connectivity index (χ0) is 14.3. The lowest BCUT2D eigenvalue weighted by Crippen LogP contribution is -2.44. The predicted molar refractivity (Wildman–Crippen MR) is 69.4 cm³/mol. The number of carbonyl (C=O) groups excluding carboxylic acids is 1. The average molecular weight is 270 g/mol. The van der Waals surface area contributed by atoms with Crippen LogP contribution in [0.2, 0.25) is 0 Å². The molecule has 0 saturated carbocycles. The fourth-order valence-corrected chi connectivity index (χ4v) is 1.40. The Kier molecular flexibility index (Phi) is 6.24. The van der Waals surface area contributed by atoms with Gasteiger partial charge >= 0.3 is 0 Å². The molecule has 0 radical (unpaired) electrons. The van der Waals surface area contributed by atoms with Crippen LogP contribution in [0, 0.1) is 5.82 Å². The van der Waals surface area contributed by atoms with Crippen LogP contribution in [0.1, 0.15) is 6.92 Å². The van der Waals surface area contributed by atoms with Gasteiger partial charge in [0.2, 0.25) is 5.91 Å². The number of aliphatic hydroxyl groups is 1. The Morgan fingerprint density at radius 1 is 1.42 bits per heavy atom. The molecule has 19 heavy (non-hydrogen) atoms. The zero-order valence-electron chi connectivity index (χ0n) is 11.0. The number of likely N-dealkylation sites (N-methyl/N-ethyl adjacent to an activating group) is 1. The van der Waals surface area contributed by atoms with Gasteiger partial charge in [0.15, 0.2) is 0 Å². The van der Waals surface area contributed by atoms with Gasteiger partial charge in [0, 0.05) is 13.6 Å². The molecule has 2 unspecified atom stereocenters. The van der Waals surface area contributed by atoms with Crippen LogP contribution < -0.4 is 15.4 Å². The highest BCUT2D eigenvalue weighted by atomic mass is 19.1. The molecule has 0 spiro atoms. The first-order valence-electron chi connectivity index (χ1n) is 6.04. The standard InChI is InChI=1S/C13H19FN2O3/c1-9(13(18)15-2)16-7-11(17)8-19-12-5-3-10(14)4-6-12/h3-6,9,11,16-17H,7-8H2,1-2H3,(H,15,18). The highest BCUT2D eigenvalue weighted by Gasteiger charge is 2.12. The maximum atomic E-state index is 12.7. The normalized spacial score (nSPS) is 13.7. The molecule has 1 aromatic carbocycles. The molecule has 0 aliphatic heterocycles. The number of rotatable bonds is 7. The largest absolute Gasteiger partial charge is 0.491 e. The third-order valence-corrected chi connectivity index (χ3v) is 2.56. The quantitative estimate of drug-likeness (QED) is 0.666. The first kappa shape index (κ1) is 15.4. The molecule has 0 aliphatic carbocycles. The maximum Gasteiger partial charge on any atom is 0.236 e. The predicted octanol–water partition coefficient (Wildman–Crippen LogP) is 0.289. The summed E-state index contributed by atoms with van der Waals surface area (Å²) in [6.07, 6.45) is -0.753. The van der Waals surface area contributed by atoms with E-state index >= 15 is 0 Å². The molecule has 0 bridgehead atoms. The molecule has 5 nitrogen and oxygen atoms in total. The number of hydrogen-bond acceptors (Lipinski definition) is 4. The first-order valence-corrected chi connectivity index (χ1v) is 6.04. The number of benzene rings is 1. The maximum absolute atomic E-state index is 12.7. The van der Waals surface area contributed by atoms with Gasteiger partial charge in [-0.1, -0.05) is 0 Å². The van der Waals surface area contributed by atoms with Crippen molar-refractivity contribution >= 4 is 5.91 Å². The van der Waals surface area contributed by atoms with Gasteiger partial charge in [0.25, 0.3) is 0 Å². The molecule has 0 aliphatic rings. The third-order valence-electron chi connectivity index (χ3n) is 2.56. The van der Waals surface area contributed by atoms with Crippen molar-refractivity contribution < 1.29 is 19.0 Å². The minimum atomic E-state index is -0.753. The van der Waals surface area contributed by atoms with Crippen LogP contribution in [0.25, 0.3) is 0 Å². The van der Waals surface area contributed by atoms with E-state index in [1.807, 2.05) is 0 Å². The van der Waals surface area contributed by atoms with E-state index in [0.29, 0.717) is 5.75 Å². The monoisotopic (exact) mass is 270 g/mol. The minimum absolute atomic E-state index is 0.0685. The molecule has 3 N–H and O–H groups in total. The molecular formula is C13H19FN2O3. The topological polar surface area (TPSA) is 70.6 Å². The number of ether oxygens (including phenoxy) is 1. The van der Waals surface area contributed by atoms with Gasteiger partial charge in [-0.3, -0.25) is 4.79 Å². The van der Waals surface area contributed by atoms with Crippen molar-refractivity contribution in [2.75, 3.05) is 20.2 Å². The number of halogens is 1. The zero-order valence-corrected chi connectivity index (χ0v) is 11.0. The number of carbonyl (C=O) groups is 1. The van der Waals surface area contributed by atoms with Crippen LogP contribution in [0.4, 0.5) is 4.39 Å². The number of amides is 1. The molecular weight excluding hydrogens is 251 g/mol. The Morgan fingerprint density at radius 3 is 2.63 bits per heavy atom. The smallest absolute Gasteiger partial charge is 0.236 e. The van der Waals surface area contributed by atoms with E-state index in [1.165, 1.54) is 24.3 Å². The van der Waals surface area contributed by atoms with Gasteiger partial charge in [-0.15, -0.1) is 0 Å². The van der Waals surface area contributed by atoms with Gasteiger partial charge < -0.3 is 20.5 Å². The second-order valence-corrected chi connectivity index (χ2v) is 4.16. The average Bonchev–Trinajstić information content (AvgIpc) is 2.43. The second-order valence-electron chi connectivity index (χ2n) is 4.16. The van der Waals surface area contributed by atoms with Crippen LogP contribution in [-0.4, -0.2) is 43.4 Å².